The lowest BCUT2D eigenvalue weighted by Gasteiger charge is -2.14. The minimum Gasteiger partial charge on any atom is -0.396 e. The molecule has 0 fully saturated rings. The van der Waals surface area contributed by atoms with Crippen molar-refractivity contribution in [3.8, 4) is 0 Å². The fourth-order valence-corrected chi connectivity index (χ4v) is 2.79. The monoisotopic (exact) mass is 276 g/mol. The molecule has 0 saturated carbocycles. The van der Waals surface area contributed by atoms with Crippen molar-refractivity contribution in [3.63, 3.8) is 0 Å². The number of aliphatic hydroxyl groups excluding tert-OH is 1. The van der Waals surface area contributed by atoms with Crippen LogP contribution in [-0.4, -0.2) is 11.7 Å². The fourth-order valence-electron chi connectivity index (χ4n) is 2.79. The first-order valence-electron chi connectivity index (χ1n) is 8.54. The van der Waals surface area contributed by atoms with E-state index in [1.165, 1.54) is 63.4 Å². The number of hydrogen-bond acceptors (Lipinski definition) is 1. The van der Waals surface area contributed by atoms with Crippen molar-refractivity contribution >= 4 is 0 Å². The van der Waals surface area contributed by atoms with Gasteiger partial charge < -0.3 is 5.11 Å². The van der Waals surface area contributed by atoms with E-state index < -0.39 is 0 Å². The number of benzene rings is 1. The van der Waals surface area contributed by atoms with E-state index in [1.807, 2.05) is 6.07 Å². The molecule has 114 valence electrons. The van der Waals surface area contributed by atoms with Crippen LogP contribution in [0.25, 0.3) is 0 Å². The predicted molar refractivity (Wildman–Crippen MR) is 88.1 cm³/mol. The van der Waals surface area contributed by atoms with Gasteiger partial charge in [0.15, 0.2) is 0 Å². The Hall–Kier alpha value is -0.820. The van der Waals surface area contributed by atoms with Gasteiger partial charge in [0.05, 0.1) is 0 Å². The number of unbranched alkanes of at least 4 members (excludes halogenated alkanes) is 8. The summed E-state index contributed by atoms with van der Waals surface area (Å²) in [7, 11) is 0. The molecule has 0 spiro atoms. The van der Waals surface area contributed by atoms with Gasteiger partial charge in [-0.25, -0.2) is 0 Å². The highest BCUT2D eigenvalue weighted by Gasteiger charge is 2.09. The lowest BCUT2D eigenvalue weighted by atomic mass is 9.93. The Balaban J connectivity index is 2.02. The maximum atomic E-state index is 9.50. The Morgan fingerprint density at radius 2 is 1.35 bits per heavy atom. The molecule has 20 heavy (non-hydrogen) atoms. The average molecular weight is 276 g/mol. The summed E-state index contributed by atoms with van der Waals surface area (Å²) >= 11 is 0. The Bertz CT molecular complexity index is 307. The summed E-state index contributed by atoms with van der Waals surface area (Å²) in [5.41, 5.74) is 1.29. The van der Waals surface area contributed by atoms with Crippen LogP contribution >= 0.6 is 0 Å². The first-order valence-corrected chi connectivity index (χ1v) is 8.54. The summed E-state index contributed by atoms with van der Waals surface area (Å²) in [5, 5.41) is 9.50. The van der Waals surface area contributed by atoms with Crippen LogP contribution in [0.5, 0.6) is 0 Å². The normalized spacial score (nSPS) is 12.5. The van der Waals surface area contributed by atoms with Crippen LogP contribution < -0.4 is 0 Å². The van der Waals surface area contributed by atoms with E-state index in [9.17, 15) is 5.11 Å². The molecule has 1 heteroatoms. The van der Waals surface area contributed by atoms with E-state index in [2.05, 4.69) is 31.2 Å². The van der Waals surface area contributed by atoms with E-state index in [4.69, 9.17) is 0 Å². The van der Waals surface area contributed by atoms with Crippen LogP contribution in [-0.2, 0) is 0 Å². The summed E-state index contributed by atoms with van der Waals surface area (Å²) in [6.45, 7) is 2.55. The summed E-state index contributed by atoms with van der Waals surface area (Å²) in [6.07, 6.45) is 13.4. The molecular weight excluding hydrogens is 244 g/mol. The van der Waals surface area contributed by atoms with Gasteiger partial charge in [0.1, 0.15) is 0 Å². The molecule has 0 amide bonds. The quantitative estimate of drug-likeness (QED) is 0.487. The van der Waals surface area contributed by atoms with E-state index in [0.29, 0.717) is 5.92 Å². The van der Waals surface area contributed by atoms with Crippen LogP contribution in [0.4, 0.5) is 0 Å². The summed E-state index contributed by atoms with van der Waals surface area (Å²) in [4.78, 5) is 0. The van der Waals surface area contributed by atoms with Gasteiger partial charge in [0.25, 0.3) is 0 Å². The Morgan fingerprint density at radius 1 is 0.800 bits per heavy atom. The molecule has 1 nitrogen and oxygen atoms in total. The van der Waals surface area contributed by atoms with Crippen LogP contribution in [0.15, 0.2) is 30.3 Å². The third kappa shape index (κ3) is 7.69. The van der Waals surface area contributed by atoms with Gasteiger partial charge in [-0.3, -0.25) is 0 Å². The summed E-state index contributed by atoms with van der Waals surface area (Å²) < 4.78 is 0. The zero-order valence-electron chi connectivity index (χ0n) is 13.2. The second kappa shape index (κ2) is 12.0. The minimum absolute atomic E-state index is 0.279. The second-order valence-corrected chi connectivity index (χ2v) is 5.91. The molecule has 1 aromatic rings. The van der Waals surface area contributed by atoms with E-state index in [0.717, 1.165) is 6.42 Å². The lowest BCUT2D eigenvalue weighted by Crippen LogP contribution is -2.03. The van der Waals surface area contributed by atoms with Crippen molar-refractivity contribution in [2.75, 3.05) is 6.61 Å². The number of hydrogen-bond donors (Lipinski definition) is 1. The van der Waals surface area contributed by atoms with Crippen molar-refractivity contribution in [1.82, 2.24) is 0 Å². The van der Waals surface area contributed by atoms with Gasteiger partial charge in [-0.15, -0.1) is 0 Å². The van der Waals surface area contributed by atoms with Gasteiger partial charge >= 0.3 is 0 Å². The van der Waals surface area contributed by atoms with Gasteiger partial charge in [-0.1, -0.05) is 95.0 Å². The van der Waals surface area contributed by atoms with Gasteiger partial charge in [0.2, 0.25) is 0 Å². The van der Waals surface area contributed by atoms with E-state index >= 15 is 0 Å². The molecule has 1 atom stereocenters. The van der Waals surface area contributed by atoms with Gasteiger partial charge in [-0.05, 0) is 12.0 Å². The smallest absolute Gasteiger partial charge is 0.0499 e. The van der Waals surface area contributed by atoms with Crippen LogP contribution in [0, 0.1) is 0 Å². The van der Waals surface area contributed by atoms with Crippen LogP contribution in [0.2, 0.25) is 0 Å². The molecule has 0 aliphatic carbocycles. The maximum Gasteiger partial charge on any atom is 0.0499 e. The second-order valence-electron chi connectivity index (χ2n) is 5.91. The Labute approximate surface area is 125 Å². The topological polar surface area (TPSA) is 20.2 Å². The fraction of sp³-hybridized carbons (Fsp3) is 0.684. The van der Waals surface area contributed by atoms with Crippen LogP contribution in [0.1, 0.15) is 82.6 Å². The minimum atomic E-state index is 0.279. The molecule has 0 aromatic heterocycles. The zero-order valence-corrected chi connectivity index (χ0v) is 13.2. The van der Waals surface area contributed by atoms with Crippen LogP contribution in [0.3, 0.4) is 0 Å². The molecule has 0 heterocycles. The lowest BCUT2D eigenvalue weighted by molar-refractivity contribution is 0.256. The molecular formula is C19H32O. The third-order valence-electron chi connectivity index (χ3n) is 4.15. The SMILES string of the molecule is CCCCCCCCCCCC(CO)c1ccccc1. The highest BCUT2D eigenvalue weighted by molar-refractivity contribution is 5.19. The van der Waals surface area contributed by atoms with Gasteiger partial charge in [-0.2, -0.15) is 0 Å². The molecule has 0 aliphatic heterocycles. The molecule has 1 unspecified atom stereocenters. The van der Waals surface area contributed by atoms with Crippen molar-refractivity contribution in [1.29, 1.82) is 0 Å². The molecule has 0 radical (unpaired) electrons. The predicted octanol–water partition coefficient (Wildman–Crippen LogP) is 5.68. The van der Waals surface area contributed by atoms with Crippen molar-refractivity contribution in [2.24, 2.45) is 0 Å². The highest BCUT2D eigenvalue weighted by Crippen LogP contribution is 2.22. The molecule has 1 N–H and O–H groups in total. The van der Waals surface area contributed by atoms with E-state index in [-0.39, 0.29) is 6.61 Å². The molecule has 0 aliphatic rings. The third-order valence-corrected chi connectivity index (χ3v) is 4.15. The van der Waals surface area contributed by atoms with E-state index in [1.54, 1.807) is 0 Å². The van der Waals surface area contributed by atoms with Crippen molar-refractivity contribution in [3.05, 3.63) is 35.9 Å². The van der Waals surface area contributed by atoms with Gasteiger partial charge in [0, 0.05) is 12.5 Å². The maximum absolute atomic E-state index is 9.50. The molecule has 0 saturated heterocycles. The molecule has 1 rings (SSSR count). The molecule has 1 aromatic carbocycles. The summed E-state index contributed by atoms with van der Waals surface area (Å²) in [5.74, 6) is 0.334. The number of rotatable bonds is 12. The average Bonchev–Trinajstić information content (AvgIpc) is 2.50. The Morgan fingerprint density at radius 3 is 1.90 bits per heavy atom. The molecule has 0 bridgehead atoms. The highest BCUT2D eigenvalue weighted by atomic mass is 16.3. The first-order chi connectivity index (χ1) is 9.88. The summed E-state index contributed by atoms with van der Waals surface area (Å²) in [6, 6.07) is 10.4. The first kappa shape index (κ1) is 17.2. The standard InChI is InChI=1S/C19H32O/c1-2-3-4-5-6-7-8-9-11-16-19(17-20)18-14-12-10-13-15-18/h10,12-15,19-20H,2-9,11,16-17H2,1H3. The Kier molecular flexibility index (Phi) is 10.3. The zero-order chi connectivity index (χ0) is 14.5. The number of aliphatic hydroxyl groups is 1. The van der Waals surface area contributed by atoms with Crippen molar-refractivity contribution in [2.45, 2.75) is 77.0 Å². The van der Waals surface area contributed by atoms with Crippen molar-refractivity contribution < 1.29 is 5.11 Å². The largest absolute Gasteiger partial charge is 0.396 e.